The Morgan fingerprint density at radius 2 is 1.81 bits per heavy atom. The molecular weight excluding hydrogens is 340 g/mol. The second-order valence-corrected chi connectivity index (χ2v) is 6.98. The molecule has 1 aliphatic rings. The number of rotatable bonds is 4. The monoisotopic (exact) mass is 362 g/mol. The van der Waals surface area contributed by atoms with E-state index in [1.54, 1.807) is 6.92 Å². The molecule has 1 saturated heterocycles. The summed E-state index contributed by atoms with van der Waals surface area (Å²) in [6.45, 7) is 2.56. The molecule has 0 bridgehead atoms. The molecule has 1 aliphatic heterocycles. The molecular formula is C21H22N4O2. The van der Waals surface area contributed by atoms with E-state index in [0.717, 1.165) is 24.1 Å². The molecule has 27 heavy (non-hydrogen) atoms. The molecule has 0 aliphatic carbocycles. The van der Waals surface area contributed by atoms with Crippen LogP contribution in [-0.2, 0) is 0 Å². The topological polar surface area (TPSA) is 71.3 Å². The zero-order valence-electron chi connectivity index (χ0n) is 15.4. The van der Waals surface area contributed by atoms with Crippen molar-refractivity contribution in [2.45, 2.75) is 25.4 Å². The maximum Gasteiger partial charge on any atom is 0.251 e. The summed E-state index contributed by atoms with van der Waals surface area (Å²) in [7, 11) is 2.00. The summed E-state index contributed by atoms with van der Waals surface area (Å²) in [5, 5.41) is 6.98. The Balaban J connectivity index is 1.41. The van der Waals surface area contributed by atoms with E-state index >= 15 is 0 Å². The number of aryl methyl sites for hydroxylation is 1. The summed E-state index contributed by atoms with van der Waals surface area (Å²) in [4.78, 5) is 19.1. The zero-order chi connectivity index (χ0) is 18.8. The van der Waals surface area contributed by atoms with E-state index in [4.69, 9.17) is 4.52 Å². The van der Waals surface area contributed by atoms with Crippen molar-refractivity contribution in [3.05, 3.63) is 71.9 Å². The number of amides is 1. The normalized spacial score (nSPS) is 19.9. The Kier molecular flexibility index (Phi) is 4.73. The predicted molar refractivity (Wildman–Crippen MR) is 102 cm³/mol. The smallest absolute Gasteiger partial charge is 0.251 e. The number of benzene rings is 2. The summed E-state index contributed by atoms with van der Waals surface area (Å²) < 4.78 is 5.30. The first kappa shape index (κ1) is 17.4. The van der Waals surface area contributed by atoms with E-state index in [-0.39, 0.29) is 18.0 Å². The van der Waals surface area contributed by atoms with Crippen LogP contribution in [0.15, 0.2) is 59.1 Å². The Morgan fingerprint density at radius 1 is 1.11 bits per heavy atom. The van der Waals surface area contributed by atoms with Gasteiger partial charge in [-0.3, -0.25) is 9.69 Å². The lowest BCUT2D eigenvalue weighted by Gasteiger charge is -2.14. The summed E-state index contributed by atoms with van der Waals surface area (Å²) in [6.07, 6.45) is 0.756. The largest absolute Gasteiger partial charge is 0.348 e. The maximum atomic E-state index is 12.6. The number of nitrogens with zero attached hydrogens (tertiary/aromatic N) is 3. The van der Waals surface area contributed by atoms with Gasteiger partial charge >= 0.3 is 0 Å². The lowest BCUT2D eigenvalue weighted by atomic mass is 10.0. The number of hydrogen-bond acceptors (Lipinski definition) is 5. The molecule has 1 aromatic heterocycles. The van der Waals surface area contributed by atoms with Crippen molar-refractivity contribution in [3.63, 3.8) is 0 Å². The molecule has 138 valence electrons. The highest BCUT2D eigenvalue weighted by atomic mass is 16.5. The number of aromatic nitrogens is 2. The Morgan fingerprint density at radius 3 is 2.48 bits per heavy atom. The Hall–Kier alpha value is -2.99. The summed E-state index contributed by atoms with van der Waals surface area (Å²) in [5.41, 5.74) is 2.90. The van der Waals surface area contributed by atoms with E-state index in [1.165, 1.54) is 0 Å². The number of nitrogens with one attached hydrogen (secondary N) is 1. The van der Waals surface area contributed by atoms with Crippen molar-refractivity contribution in [3.8, 4) is 11.1 Å². The Labute approximate surface area is 158 Å². The molecule has 2 aromatic carbocycles. The standard InChI is InChI=1S/C21H22N4O2/c1-14-22-21(27-24-14)19-12-18(13-25(19)2)23-20(26)17-10-8-16(9-11-17)15-6-4-3-5-7-15/h3-11,18-19H,12-13H2,1-2H3,(H,23,26)/t18-,19-/m0/s1. The first-order valence-corrected chi connectivity index (χ1v) is 9.07. The van der Waals surface area contributed by atoms with E-state index in [0.29, 0.717) is 17.3 Å². The second kappa shape index (κ2) is 7.32. The van der Waals surface area contributed by atoms with Crippen molar-refractivity contribution in [2.24, 2.45) is 0 Å². The molecule has 6 nitrogen and oxygen atoms in total. The predicted octanol–water partition coefficient (Wildman–Crippen LogP) is 3.22. The minimum absolute atomic E-state index is 0.0388. The fraction of sp³-hybridized carbons (Fsp3) is 0.286. The van der Waals surface area contributed by atoms with Crippen LogP contribution in [0.1, 0.15) is 34.5 Å². The van der Waals surface area contributed by atoms with Crippen molar-refractivity contribution >= 4 is 5.91 Å². The minimum Gasteiger partial charge on any atom is -0.348 e. The summed E-state index contributed by atoms with van der Waals surface area (Å²) >= 11 is 0. The van der Waals surface area contributed by atoms with Crippen molar-refractivity contribution in [1.29, 1.82) is 0 Å². The fourth-order valence-electron chi connectivity index (χ4n) is 3.55. The number of likely N-dealkylation sites (tertiary alicyclic amines) is 1. The summed E-state index contributed by atoms with van der Waals surface area (Å²) in [6, 6.07) is 17.9. The first-order chi connectivity index (χ1) is 13.1. The quantitative estimate of drug-likeness (QED) is 0.772. The Bertz CT molecular complexity index is 921. The van der Waals surface area contributed by atoms with Crippen LogP contribution in [0.5, 0.6) is 0 Å². The second-order valence-electron chi connectivity index (χ2n) is 6.98. The van der Waals surface area contributed by atoms with Gasteiger partial charge in [-0.2, -0.15) is 4.98 Å². The molecule has 3 aromatic rings. The molecule has 1 fully saturated rings. The van der Waals surface area contributed by atoms with Gasteiger partial charge in [-0.05, 0) is 43.7 Å². The number of carbonyl (C=O) groups excluding carboxylic acids is 1. The number of hydrogen-bond donors (Lipinski definition) is 1. The van der Waals surface area contributed by atoms with E-state index in [2.05, 4.69) is 32.5 Å². The minimum atomic E-state index is -0.0598. The molecule has 0 spiro atoms. The third kappa shape index (κ3) is 3.75. The molecule has 6 heteroatoms. The average Bonchev–Trinajstić information content (AvgIpc) is 3.27. The highest BCUT2D eigenvalue weighted by Gasteiger charge is 2.35. The molecule has 2 heterocycles. The third-order valence-corrected chi connectivity index (χ3v) is 4.97. The molecule has 1 N–H and O–H groups in total. The lowest BCUT2D eigenvalue weighted by molar-refractivity contribution is 0.0938. The molecule has 0 radical (unpaired) electrons. The van der Waals surface area contributed by atoms with Crippen LogP contribution >= 0.6 is 0 Å². The van der Waals surface area contributed by atoms with E-state index in [1.807, 2.05) is 49.5 Å². The SMILES string of the molecule is Cc1noc([C@@H]2C[C@H](NC(=O)c3ccc(-c4ccccc4)cc3)CN2C)n1. The van der Waals surface area contributed by atoms with Crippen molar-refractivity contribution < 1.29 is 9.32 Å². The fourth-order valence-corrected chi connectivity index (χ4v) is 3.55. The van der Waals surface area contributed by atoms with Crippen LogP contribution in [0.2, 0.25) is 0 Å². The highest BCUT2D eigenvalue weighted by molar-refractivity contribution is 5.94. The van der Waals surface area contributed by atoms with Gasteiger partial charge in [0.05, 0.1) is 6.04 Å². The molecule has 0 unspecified atom stereocenters. The van der Waals surface area contributed by atoms with Gasteiger partial charge in [0.25, 0.3) is 5.91 Å². The highest BCUT2D eigenvalue weighted by Crippen LogP contribution is 2.29. The van der Waals surface area contributed by atoms with Gasteiger partial charge in [0.2, 0.25) is 5.89 Å². The van der Waals surface area contributed by atoms with Crippen molar-refractivity contribution in [1.82, 2.24) is 20.4 Å². The molecule has 0 saturated carbocycles. The van der Waals surface area contributed by atoms with Gasteiger partial charge in [-0.25, -0.2) is 0 Å². The lowest BCUT2D eigenvalue weighted by Crippen LogP contribution is -2.36. The average molecular weight is 362 g/mol. The number of likely N-dealkylation sites (N-methyl/N-ethyl adjacent to an activating group) is 1. The zero-order valence-corrected chi connectivity index (χ0v) is 15.4. The van der Waals surface area contributed by atoms with Crippen LogP contribution in [-0.4, -0.2) is 40.6 Å². The van der Waals surface area contributed by atoms with Crippen LogP contribution in [0.25, 0.3) is 11.1 Å². The van der Waals surface area contributed by atoms with Gasteiger partial charge < -0.3 is 9.84 Å². The van der Waals surface area contributed by atoms with Gasteiger partial charge in [0.1, 0.15) is 0 Å². The van der Waals surface area contributed by atoms with Crippen LogP contribution in [0.4, 0.5) is 0 Å². The van der Waals surface area contributed by atoms with Crippen LogP contribution in [0.3, 0.4) is 0 Å². The maximum absolute atomic E-state index is 12.6. The molecule has 4 rings (SSSR count). The molecule has 1 amide bonds. The van der Waals surface area contributed by atoms with E-state index < -0.39 is 0 Å². The first-order valence-electron chi connectivity index (χ1n) is 9.07. The van der Waals surface area contributed by atoms with Gasteiger partial charge in [-0.1, -0.05) is 47.6 Å². The van der Waals surface area contributed by atoms with E-state index in [9.17, 15) is 4.79 Å². The number of carbonyl (C=O) groups is 1. The van der Waals surface area contributed by atoms with Gasteiger partial charge in [0.15, 0.2) is 5.82 Å². The van der Waals surface area contributed by atoms with Crippen LogP contribution in [0, 0.1) is 6.92 Å². The third-order valence-electron chi connectivity index (χ3n) is 4.97. The van der Waals surface area contributed by atoms with Crippen LogP contribution < -0.4 is 5.32 Å². The molecule has 2 atom stereocenters. The van der Waals surface area contributed by atoms with Gasteiger partial charge in [0, 0.05) is 18.2 Å². The van der Waals surface area contributed by atoms with Crippen molar-refractivity contribution in [2.75, 3.05) is 13.6 Å². The summed E-state index contributed by atoms with van der Waals surface area (Å²) in [5.74, 6) is 1.18. The van der Waals surface area contributed by atoms with Gasteiger partial charge in [-0.15, -0.1) is 0 Å².